The number of alkyl halides is 4. The molecule has 1 aromatic carbocycles. The van der Waals surface area contributed by atoms with Gasteiger partial charge < -0.3 is 5.11 Å². The molecule has 1 N–H and O–H groups in total. The van der Waals surface area contributed by atoms with Crippen molar-refractivity contribution < 1.29 is 22.7 Å². The van der Waals surface area contributed by atoms with Crippen molar-refractivity contribution in [2.75, 3.05) is 0 Å². The van der Waals surface area contributed by atoms with E-state index in [1.54, 1.807) is 0 Å². The summed E-state index contributed by atoms with van der Waals surface area (Å²) < 4.78 is 49.7. The molecule has 0 bridgehead atoms. The summed E-state index contributed by atoms with van der Waals surface area (Å²) in [7, 11) is 0. The monoisotopic (exact) mass is 236 g/mol. The van der Waals surface area contributed by atoms with Crippen molar-refractivity contribution in [3.8, 4) is 0 Å². The Balaban J connectivity index is 2.72. The number of aliphatic hydroxyl groups excluding tert-OH is 1. The Bertz CT molecular complexity index is 329. The molecular weight excluding hydrogens is 224 g/mol. The minimum Gasteiger partial charge on any atom is -0.390 e. The van der Waals surface area contributed by atoms with Crippen molar-refractivity contribution in [3.05, 3.63) is 35.4 Å². The molecule has 1 aromatic rings. The topological polar surface area (TPSA) is 20.2 Å². The van der Waals surface area contributed by atoms with E-state index >= 15 is 0 Å². The molecule has 0 amide bonds. The average Bonchev–Trinajstić information content (AvgIpc) is 2.17. The third-order valence-corrected chi connectivity index (χ3v) is 2.24. The number of rotatable bonds is 3. The second kappa shape index (κ2) is 4.82. The van der Waals surface area contributed by atoms with Crippen LogP contribution >= 0.6 is 0 Å². The highest BCUT2D eigenvalue weighted by atomic mass is 19.4. The van der Waals surface area contributed by atoms with Gasteiger partial charge in [0.25, 0.3) is 0 Å². The molecular formula is C11H12F4O. The van der Waals surface area contributed by atoms with E-state index in [0.29, 0.717) is 5.56 Å². The van der Waals surface area contributed by atoms with Crippen LogP contribution < -0.4 is 0 Å². The largest absolute Gasteiger partial charge is 0.416 e. The number of hydrogen-bond donors (Lipinski definition) is 1. The van der Waals surface area contributed by atoms with E-state index in [1.165, 1.54) is 19.1 Å². The molecule has 16 heavy (non-hydrogen) atoms. The van der Waals surface area contributed by atoms with Gasteiger partial charge >= 0.3 is 6.18 Å². The van der Waals surface area contributed by atoms with Crippen LogP contribution in [-0.4, -0.2) is 17.4 Å². The van der Waals surface area contributed by atoms with Crippen LogP contribution in [0.2, 0.25) is 0 Å². The summed E-state index contributed by atoms with van der Waals surface area (Å²) in [6.07, 6.45) is -7.05. The lowest BCUT2D eigenvalue weighted by molar-refractivity contribution is -0.137. The van der Waals surface area contributed by atoms with Crippen molar-refractivity contribution in [1.82, 2.24) is 0 Å². The Hall–Kier alpha value is -1.10. The minimum atomic E-state index is -4.38. The SMILES string of the molecule is CC(O)C(F)Cc1ccc(C(F)(F)F)cc1. The van der Waals surface area contributed by atoms with Gasteiger partial charge in [0.15, 0.2) is 0 Å². The minimum absolute atomic E-state index is 0.0875. The maximum Gasteiger partial charge on any atom is 0.416 e. The lowest BCUT2D eigenvalue weighted by atomic mass is 10.0. The Morgan fingerprint density at radius 1 is 1.19 bits per heavy atom. The Labute approximate surface area is 90.7 Å². The Morgan fingerprint density at radius 2 is 1.69 bits per heavy atom. The van der Waals surface area contributed by atoms with Crippen molar-refractivity contribution in [3.63, 3.8) is 0 Å². The maximum atomic E-state index is 13.1. The molecule has 90 valence electrons. The lowest BCUT2D eigenvalue weighted by Crippen LogP contribution is -2.20. The van der Waals surface area contributed by atoms with E-state index in [-0.39, 0.29) is 6.42 Å². The molecule has 0 aliphatic rings. The quantitative estimate of drug-likeness (QED) is 0.800. The molecule has 2 atom stereocenters. The molecule has 0 aromatic heterocycles. The van der Waals surface area contributed by atoms with Gasteiger partial charge in [-0.05, 0) is 24.6 Å². The highest BCUT2D eigenvalue weighted by molar-refractivity contribution is 5.25. The predicted molar refractivity (Wildman–Crippen MR) is 51.7 cm³/mol. The van der Waals surface area contributed by atoms with Gasteiger partial charge in [0.1, 0.15) is 6.17 Å². The normalized spacial score (nSPS) is 15.9. The first-order valence-corrected chi connectivity index (χ1v) is 4.79. The van der Waals surface area contributed by atoms with E-state index in [2.05, 4.69) is 0 Å². The van der Waals surface area contributed by atoms with Crippen LogP contribution in [0.3, 0.4) is 0 Å². The molecule has 0 saturated heterocycles. The van der Waals surface area contributed by atoms with Crippen LogP contribution in [0.1, 0.15) is 18.1 Å². The molecule has 2 unspecified atom stereocenters. The van der Waals surface area contributed by atoms with Gasteiger partial charge in [0.2, 0.25) is 0 Å². The zero-order valence-electron chi connectivity index (χ0n) is 8.63. The second-order valence-electron chi connectivity index (χ2n) is 3.66. The first kappa shape index (κ1) is 13.0. The third-order valence-electron chi connectivity index (χ3n) is 2.24. The van der Waals surface area contributed by atoms with Crippen LogP contribution in [0.5, 0.6) is 0 Å². The standard InChI is InChI=1S/C11H12F4O/c1-7(16)10(12)6-8-2-4-9(5-3-8)11(13,14)15/h2-5,7,10,16H,6H2,1H3. The van der Waals surface area contributed by atoms with Crippen LogP contribution in [0.15, 0.2) is 24.3 Å². The summed E-state index contributed by atoms with van der Waals surface area (Å²) >= 11 is 0. The molecule has 0 fully saturated rings. The zero-order chi connectivity index (χ0) is 12.3. The van der Waals surface area contributed by atoms with Gasteiger partial charge in [0, 0.05) is 6.42 Å². The van der Waals surface area contributed by atoms with E-state index in [4.69, 9.17) is 5.11 Å². The van der Waals surface area contributed by atoms with Crippen molar-refractivity contribution >= 4 is 0 Å². The first-order chi connectivity index (χ1) is 7.30. The van der Waals surface area contributed by atoms with Crippen molar-refractivity contribution in [2.24, 2.45) is 0 Å². The number of benzene rings is 1. The third kappa shape index (κ3) is 3.48. The van der Waals surface area contributed by atoms with Crippen LogP contribution in [0.25, 0.3) is 0 Å². The summed E-state index contributed by atoms with van der Waals surface area (Å²) in [6.45, 7) is 1.30. The molecule has 5 heteroatoms. The van der Waals surface area contributed by atoms with Crippen LogP contribution in [0.4, 0.5) is 17.6 Å². The molecule has 0 spiro atoms. The fourth-order valence-electron chi connectivity index (χ4n) is 1.23. The smallest absolute Gasteiger partial charge is 0.390 e. The van der Waals surface area contributed by atoms with E-state index in [9.17, 15) is 17.6 Å². The number of hydrogen-bond acceptors (Lipinski definition) is 1. The van der Waals surface area contributed by atoms with Gasteiger partial charge in [-0.2, -0.15) is 13.2 Å². The second-order valence-corrected chi connectivity index (χ2v) is 3.66. The highest BCUT2D eigenvalue weighted by Crippen LogP contribution is 2.29. The lowest BCUT2D eigenvalue weighted by Gasteiger charge is -2.12. The molecule has 0 heterocycles. The maximum absolute atomic E-state index is 13.1. The van der Waals surface area contributed by atoms with Crippen molar-refractivity contribution in [2.45, 2.75) is 31.8 Å². The zero-order valence-corrected chi connectivity index (χ0v) is 8.63. The molecule has 0 radical (unpaired) electrons. The van der Waals surface area contributed by atoms with Gasteiger partial charge in [0.05, 0.1) is 11.7 Å². The fraction of sp³-hybridized carbons (Fsp3) is 0.455. The van der Waals surface area contributed by atoms with Gasteiger partial charge in [-0.3, -0.25) is 0 Å². The predicted octanol–water partition coefficient (Wildman–Crippen LogP) is 2.97. The van der Waals surface area contributed by atoms with Crippen LogP contribution in [0, 0.1) is 0 Å². The van der Waals surface area contributed by atoms with Gasteiger partial charge in [-0.1, -0.05) is 12.1 Å². The van der Waals surface area contributed by atoms with Gasteiger partial charge in [-0.25, -0.2) is 4.39 Å². The summed E-state index contributed by atoms with van der Waals surface area (Å²) in [5, 5.41) is 8.91. The van der Waals surface area contributed by atoms with E-state index in [1.807, 2.05) is 0 Å². The molecule has 0 saturated carbocycles. The number of aliphatic hydroxyl groups is 1. The summed E-state index contributed by atoms with van der Waals surface area (Å²) in [5.74, 6) is 0. The fourth-order valence-corrected chi connectivity index (χ4v) is 1.23. The molecule has 0 aliphatic carbocycles. The Kier molecular flexibility index (Phi) is 3.91. The number of halogens is 4. The van der Waals surface area contributed by atoms with Crippen molar-refractivity contribution in [1.29, 1.82) is 0 Å². The highest BCUT2D eigenvalue weighted by Gasteiger charge is 2.30. The molecule has 0 aliphatic heterocycles. The molecule has 1 rings (SSSR count). The van der Waals surface area contributed by atoms with E-state index in [0.717, 1.165) is 12.1 Å². The average molecular weight is 236 g/mol. The summed E-state index contributed by atoms with van der Waals surface area (Å²) in [6, 6.07) is 4.25. The summed E-state index contributed by atoms with van der Waals surface area (Å²) in [4.78, 5) is 0. The molecule has 1 nitrogen and oxygen atoms in total. The first-order valence-electron chi connectivity index (χ1n) is 4.79. The van der Waals surface area contributed by atoms with Crippen LogP contribution in [-0.2, 0) is 12.6 Å². The summed E-state index contributed by atoms with van der Waals surface area (Å²) in [5.41, 5.74) is -0.329. The van der Waals surface area contributed by atoms with Gasteiger partial charge in [-0.15, -0.1) is 0 Å². The van der Waals surface area contributed by atoms with E-state index < -0.39 is 24.0 Å². The Morgan fingerprint density at radius 3 is 2.06 bits per heavy atom.